The van der Waals surface area contributed by atoms with Gasteiger partial charge in [-0.2, -0.15) is 5.26 Å². The predicted octanol–water partition coefficient (Wildman–Crippen LogP) is 3.92. The van der Waals surface area contributed by atoms with E-state index in [1.165, 1.54) is 37.4 Å². The van der Waals surface area contributed by atoms with Gasteiger partial charge in [-0.3, -0.25) is 10.1 Å². The Labute approximate surface area is 125 Å². The van der Waals surface area contributed by atoms with E-state index in [0.717, 1.165) is 0 Å². The lowest BCUT2D eigenvalue weighted by molar-refractivity contribution is -0.385. The molecule has 2 aromatic rings. The topological polar surface area (TPSA) is 85.4 Å². The maximum absolute atomic E-state index is 11.0. The van der Waals surface area contributed by atoms with Crippen molar-refractivity contribution in [1.29, 1.82) is 5.26 Å². The number of nitriles is 1. The summed E-state index contributed by atoms with van der Waals surface area (Å²) in [7, 11) is 1.34. The van der Waals surface area contributed by atoms with Crippen molar-refractivity contribution >= 4 is 17.3 Å². The zero-order valence-electron chi connectivity index (χ0n) is 10.9. The standard InChI is InChI=1S/C14H9ClN2O4/c1-20-14-5-3-11(7-12(14)17(18)19)21-13-4-2-10(15)6-9(13)8-16/h2-7H,1H3. The highest BCUT2D eigenvalue weighted by atomic mass is 35.5. The number of halogens is 1. The van der Waals surface area contributed by atoms with Crippen molar-refractivity contribution in [2.75, 3.05) is 7.11 Å². The number of methoxy groups -OCH3 is 1. The Kier molecular flexibility index (Phi) is 4.26. The fourth-order valence-electron chi connectivity index (χ4n) is 1.68. The van der Waals surface area contributed by atoms with E-state index in [0.29, 0.717) is 5.02 Å². The van der Waals surface area contributed by atoms with E-state index >= 15 is 0 Å². The summed E-state index contributed by atoms with van der Waals surface area (Å²) < 4.78 is 10.4. The van der Waals surface area contributed by atoms with E-state index < -0.39 is 4.92 Å². The van der Waals surface area contributed by atoms with Gasteiger partial charge < -0.3 is 9.47 Å². The molecule has 0 bridgehead atoms. The van der Waals surface area contributed by atoms with E-state index in [1.54, 1.807) is 6.07 Å². The first-order chi connectivity index (χ1) is 10.0. The van der Waals surface area contributed by atoms with Gasteiger partial charge in [-0.1, -0.05) is 11.6 Å². The van der Waals surface area contributed by atoms with Gasteiger partial charge in [0.25, 0.3) is 0 Å². The molecule has 0 N–H and O–H groups in total. The van der Waals surface area contributed by atoms with E-state index in [2.05, 4.69) is 0 Å². The molecule has 0 saturated heterocycles. The van der Waals surface area contributed by atoms with Crippen molar-refractivity contribution in [2.45, 2.75) is 0 Å². The van der Waals surface area contributed by atoms with Gasteiger partial charge in [0.1, 0.15) is 17.6 Å². The van der Waals surface area contributed by atoms with Gasteiger partial charge in [-0.15, -0.1) is 0 Å². The molecule has 0 aliphatic heterocycles. The Balaban J connectivity index is 2.39. The number of hydrogen-bond donors (Lipinski definition) is 0. The lowest BCUT2D eigenvalue weighted by atomic mass is 10.2. The van der Waals surface area contributed by atoms with Crippen molar-refractivity contribution < 1.29 is 14.4 Å². The van der Waals surface area contributed by atoms with Crippen LogP contribution in [0.4, 0.5) is 5.69 Å². The van der Waals surface area contributed by atoms with Crippen LogP contribution in [-0.2, 0) is 0 Å². The Morgan fingerprint density at radius 3 is 2.57 bits per heavy atom. The van der Waals surface area contributed by atoms with Crippen LogP contribution in [0.3, 0.4) is 0 Å². The van der Waals surface area contributed by atoms with Crippen LogP contribution < -0.4 is 9.47 Å². The minimum atomic E-state index is -0.571. The third kappa shape index (κ3) is 3.22. The molecule has 0 saturated carbocycles. The summed E-state index contributed by atoms with van der Waals surface area (Å²) in [5.41, 5.74) is 0.0171. The minimum Gasteiger partial charge on any atom is -0.490 e. The highest BCUT2D eigenvalue weighted by Gasteiger charge is 2.16. The number of rotatable bonds is 4. The van der Waals surface area contributed by atoms with Gasteiger partial charge in [0.15, 0.2) is 5.75 Å². The van der Waals surface area contributed by atoms with Crippen molar-refractivity contribution in [3.8, 4) is 23.3 Å². The van der Waals surface area contributed by atoms with Crippen molar-refractivity contribution in [3.05, 3.63) is 57.1 Å². The molecule has 0 spiro atoms. The molecule has 0 fully saturated rings. The van der Waals surface area contributed by atoms with Crippen LogP contribution in [0.15, 0.2) is 36.4 Å². The van der Waals surface area contributed by atoms with E-state index in [4.69, 9.17) is 26.3 Å². The molecule has 0 radical (unpaired) electrons. The molecular formula is C14H9ClN2O4. The number of hydrogen-bond acceptors (Lipinski definition) is 5. The van der Waals surface area contributed by atoms with Crippen LogP contribution in [0.2, 0.25) is 5.02 Å². The smallest absolute Gasteiger partial charge is 0.314 e. The first-order valence-corrected chi connectivity index (χ1v) is 6.13. The average Bonchev–Trinajstić information content (AvgIpc) is 2.48. The van der Waals surface area contributed by atoms with Gasteiger partial charge in [0.05, 0.1) is 23.7 Å². The molecule has 2 rings (SSSR count). The van der Waals surface area contributed by atoms with Crippen LogP contribution in [0.5, 0.6) is 17.2 Å². The van der Waals surface area contributed by atoms with Crippen LogP contribution >= 0.6 is 11.6 Å². The first kappa shape index (κ1) is 14.6. The lowest BCUT2D eigenvalue weighted by Crippen LogP contribution is -1.95. The number of nitro groups is 1. The van der Waals surface area contributed by atoms with Crippen LogP contribution in [0.25, 0.3) is 0 Å². The fraction of sp³-hybridized carbons (Fsp3) is 0.0714. The largest absolute Gasteiger partial charge is 0.490 e. The number of nitrogens with zero attached hydrogens (tertiary/aromatic N) is 2. The maximum atomic E-state index is 11.0. The average molecular weight is 305 g/mol. The zero-order chi connectivity index (χ0) is 15.4. The predicted molar refractivity (Wildman–Crippen MR) is 75.9 cm³/mol. The molecule has 0 aliphatic rings. The molecule has 0 heterocycles. The Bertz CT molecular complexity index is 740. The minimum absolute atomic E-state index is 0.129. The molecule has 2 aromatic carbocycles. The zero-order valence-corrected chi connectivity index (χ0v) is 11.6. The van der Waals surface area contributed by atoms with Gasteiger partial charge >= 0.3 is 5.69 Å². The van der Waals surface area contributed by atoms with Crippen molar-refractivity contribution in [1.82, 2.24) is 0 Å². The molecule has 0 amide bonds. The Morgan fingerprint density at radius 2 is 1.95 bits per heavy atom. The summed E-state index contributed by atoms with van der Waals surface area (Å²) in [6.07, 6.45) is 0. The van der Waals surface area contributed by atoms with Gasteiger partial charge in [-0.05, 0) is 30.3 Å². The molecule has 7 heteroatoms. The van der Waals surface area contributed by atoms with E-state index in [1.807, 2.05) is 6.07 Å². The highest BCUT2D eigenvalue weighted by Crippen LogP contribution is 2.34. The summed E-state index contributed by atoms with van der Waals surface area (Å²) in [5, 5.41) is 20.4. The molecule has 0 aromatic heterocycles. The number of ether oxygens (including phenoxy) is 2. The number of benzene rings is 2. The van der Waals surface area contributed by atoms with E-state index in [-0.39, 0.29) is 28.5 Å². The second-order valence-corrected chi connectivity index (χ2v) is 4.38. The normalized spacial score (nSPS) is 9.76. The molecule has 0 unspecified atom stereocenters. The first-order valence-electron chi connectivity index (χ1n) is 5.75. The van der Waals surface area contributed by atoms with Crippen LogP contribution in [0.1, 0.15) is 5.56 Å². The summed E-state index contributed by atoms with van der Waals surface area (Å²) in [6, 6.07) is 10.7. The number of nitro benzene ring substituents is 1. The van der Waals surface area contributed by atoms with Crippen molar-refractivity contribution in [3.63, 3.8) is 0 Å². The van der Waals surface area contributed by atoms with Crippen molar-refractivity contribution in [2.24, 2.45) is 0 Å². The summed E-state index contributed by atoms with van der Waals surface area (Å²) in [4.78, 5) is 10.4. The van der Waals surface area contributed by atoms with Gasteiger partial charge in [0.2, 0.25) is 0 Å². The quantitative estimate of drug-likeness (QED) is 0.631. The SMILES string of the molecule is COc1ccc(Oc2ccc(Cl)cc2C#N)cc1[N+](=O)[O-]. The molecule has 0 aliphatic carbocycles. The molecule has 6 nitrogen and oxygen atoms in total. The van der Waals surface area contributed by atoms with Gasteiger partial charge in [-0.25, -0.2) is 0 Å². The Morgan fingerprint density at radius 1 is 1.24 bits per heavy atom. The summed E-state index contributed by atoms with van der Waals surface area (Å²) in [6.45, 7) is 0. The lowest BCUT2D eigenvalue weighted by Gasteiger charge is -2.08. The molecule has 21 heavy (non-hydrogen) atoms. The monoisotopic (exact) mass is 304 g/mol. The summed E-state index contributed by atoms with van der Waals surface area (Å²) in [5.74, 6) is 0.617. The molecule has 0 atom stereocenters. The molecular weight excluding hydrogens is 296 g/mol. The third-order valence-corrected chi connectivity index (χ3v) is 2.87. The van der Waals surface area contributed by atoms with Crippen LogP contribution in [0, 0.1) is 21.4 Å². The van der Waals surface area contributed by atoms with Crippen LogP contribution in [-0.4, -0.2) is 12.0 Å². The fourth-order valence-corrected chi connectivity index (χ4v) is 1.85. The second kappa shape index (κ2) is 6.11. The van der Waals surface area contributed by atoms with Gasteiger partial charge in [0, 0.05) is 5.02 Å². The molecule has 106 valence electrons. The second-order valence-electron chi connectivity index (χ2n) is 3.95. The third-order valence-electron chi connectivity index (χ3n) is 2.64. The van der Waals surface area contributed by atoms with E-state index in [9.17, 15) is 10.1 Å². The summed E-state index contributed by atoms with van der Waals surface area (Å²) >= 11 is 5.79. The Hall–Kier alpha value is -2.78. The maximum Gasteiger partial charge on any atom is 0.314 e. The highest BCUT2D eigenvalue weighted by molar-refractivity contribution is 6.30.